The van der Waals surface area contributed by atoms with E-state index in [1.165, 1.54) is 18.9 Å². The minimum atomic E-state index is -1.03. The van der Waals surface area contributed by atoms with E-state index in [9.17, 15) is 18.4 Å². The van der Waals surface area contributed by atoms with Gasteiger partial charge in [0.15, 0.2) is 11.6 Å². The summed E-state index contributed by atoms with van der Waals surface area (Å²) in [4.78, 5) is 25.8. The second-order valence-electron chi connectivity index (χ2n) is 6.22. The molecule has 1 saturated heterocycles. The second-order valence-corrected chi connectivity index (χ2v) is 6.22. The zero-order chi connectivity index (χ0) is 16.4. The van der Waals surface area contributed by atoms with Gasteiger partial charge >= 0.3 is 0 Å². The van der Waals surface area contributed by atoms with Gasteiger partial charge in [0.1, 0.15) is 0 Å². The number of amides is 2. The van der Waals surface area contributed by atoms with Crippen LogP contribution >= 0.6 is 0 Å². The zero-order valence-corrected chi connectivity index (χ0v) is 12.6. The molecule has 5 nitrogen and oxygen atoms in total. The first-order valence-corrected chi connectivity index (χ1v) is 7.77. The van der Waals surface area contributed by atoms with Crippen molar-refractivity contribution in [3.05, 3.63) is 29.8 Å². The normalized spacial score (nSPS) is 23.0. The van der Waals surface area contributed by atoms with Crippen LogP contribution < -0.4 is 10.6 Å². The number of carbonyl (C=O) groups is 2. The minimum Gasteiger partial charge on any atom is -0.346 e. The van der Waals surface area contributed by atoms with Gasteiger partial charge in [0.05, 0.1) is 13.1 Å². The number of halogens is 2. The Bertz CT molecular complexity index is 623. The third kappa shape index (κ3) is 3.85. The number of rotatable bonds is 5. The fourth-order valence-electron chi connectivity index (χ4n) is 3.42. The third-order valence-electron chi connectivity index (χ3n) is 4.52. The van der Waals surface area contributed by atoms with Crippen LogP contribution in [0.2, 0.25) is 0 Å². The van der Waals surface area contributed by atoms with E-state index in [-0.39, 0.29) is 18.1 Å². The molecule has 1 aromatic rings. The maximum atomic E-state index is 13.0. The molecular weight excluding hydrogens is 304 g/mol. The number of hydrogen-bond donors (Lipinski definition) is 2. The predicted octanol–water partition coefficient (Wildman–Crippen LogP) is 1.50. The lowest BCUT2D eigenvalue weighted by molar-refractivity contribution is -0.125. The van der Waals surface area contributed by atoms with Crippen LogP contribution in [0.15, 0.2) is 18.2 Å². The van der Waals surface area contributed by atoms with Crippen molar-refractivity contribution >= 4 is 17.5 Å². The van der Waals surface area contributed by atoms with Crippen molar-refractivity contribution in [2.24, 2.45) is 5.92 Å². The standard InChI is InChI=1S/C16H19F2N3O2/c17-13-4-2-11(6-14(13)18)20-15(22)7-19-16(23)9-21-8-10-1-3-12(21)5-10/h2,4,6,10,12H,1,3,5,7-9H2,(H,19,23)(H,20,22). The van der Waals surface area contributed by atoms with Crippen LogP contribution in [0.5, 0.6) is 0 Å². The topological polar surface area (TPSA) is 61.4 Å². The molecule has 1 aromatic carbocycles. The molecule has 124 valence electrons. The van der Waals surface area contributed by atoms with Gasteiger partial charge in [0, 0.05) is 24.3 Å². The molecule has 2 unspecified atom stereocenters. The van der Waals surface area contributed by atoms with E-state index in [1.807, 2.05) is 0 Å². The lowest BCUT2D eigenvalue weighted by Gasteiger charge is -2.25. The fourth-order valence-corrected chi connectivity index (χ4v) is 3.42. The highest BCUT2D eigenvalue weighted by molar-refractivity contribution is 5.94. The first kappa shape index (κ1) is 15.9. The number of nitrogens with zero attached hydrogens (tertiary/aromatic N) is 1. The summed E-state index contributed by atoms with van der Waals surface area (Å²) in [5.74, 6) is -1.97. The molecular formula is C16H19F2N3O2. The van der Waals surface area contributed by atoms with Crippen LogP contribution in [0.25, 0.3) is 0 Å². The van der Waals surface area contributed by atoms with E-state index in [1.54, 1.807) is 0 Å². The summed E-state index contributed by atoms with van der Waals surface area (Å²) in [7, 11) is 0. The Hall–Kier alpha value is -2.02. The highest BCUT2D eigenvalue weighted by Crippen LogP contribution is 2.36. The van der Waals surface area contributed by atoms with Gasteiger partial charge < -0.3 is 10.6 Å². The molecule has 1 saturated carbocycles. The molecule has 2 amide bonds. The Labute approximate surface area is 133 Å². The number of anilines is 1. The van der Waals surface area contributed by atoms with Crippen LogP contribution in [0.1, 0.15) is 19.3 Å². The summed E-state index contributed by atoms with van der Waals surface area (Å²) in [6, 6.07) is 3.60. The first-order chi connectivity index (χ1) is 11.0. The Kier molecular flexibility index (Phi) is 4.56. The zero-order valence-electron chi connectivity index (χ0n) is 12.6. The van der Waals surface area contributed by atoms with Crippen LogP contribution in [-0.2, 0) is 9.59 Å². The third-order valence-corrected chi connectivity index (χ3v) is 4.52. The SMILES string of the molecule is O=C(CN1CC2CCC1C2)NCC(=O)Nc1ccc(F)c(F)c1. The quantitative estimate of drug-likeness (QED) is 0.863. The van der Waals surface area contributed by atoms with Crippen LogP contribution in [0.3, 0.4) is 0 Å². The smallest absolute Gasteiger partial charge is 0.243 e. The summed E-state index contributed by atoms with van der Waals surface area (Å²) < 4.78 is 25.8. The maximum Gasteiger partial charge on any atom is 0.243 e. The molecule has 1 aliphatic carbocycles. The Balaban J connectivity index is 1.41. The average Bonchev–Trinajstić information content (AvgIpc) is 3.12. The molecule has 2 N–H and O–H groups in total. The highest BCUT2D eigenvalue weighted by Gasteiger charge is 2.38. The molecule has 7 heteroatoms. The van der Waals surface area contributed by atoms with Gasteiger partial charge in [-0.15, -0.1) is 0 Å². The highest BCUT2D eigenvalue weighted by atomic mass is 19.2. The largest absolute Gasteiger partial charge is 0.346 e. The summed E-state index contributed by atoms with van der Waals surface area (Å²) in [5.41, 5.74) is 0.153. The number of nitrogens with one attached hydrogen (secondary N) is 2. The molecule has 2 atom stereocenters. The number of hydrogen-bond acceptors (Lipinski definition) is 3. The summed E-state index contributed by atoms with van der Waals surface area (Å²) >= 11 is 0. The van der Waals surface area contributed by atoms with Crippen molar-refractivity contribution < 1.29 is 18.4 Å². The predicted molar refractivity (Wildman–Crippen MR) is 80.7 cm³/mol. The lowest BCUT2D eigenvalue weighted by atomic mass is 10.1. The van der Waals surface area contributed by atoms with Crippen molar-refractivity contribution in [3.8, 4) is 0 Å². The van der Waals surface area contributed by atoms with E-state index in [0.717, 1.165) is 25.1 Å². The molecule has 23 heavy (non-hydrogen) atoms. The van der Waals surface area contributed by atoms with Crippen molar-refractivity contribution in [2.75, 3.05) is 25.0 Å². The van der Waals surface area contributed by atoms with E-state index in [0.29, 0.717) is 18.5 Å². The monoisotopic (exact) mass is 323 g/mol. The van der Waals surface area contributed by atoms with Gasteiger partial charge in [-0.2, -0.15) is 0 Å². The average molecular weight is 323 g/mol. The van der Waals surface area contributed by atoms with Gasteiger partial charge in [-0.3, -0.25) is 14.5 Å². The van der Waals surface area contributed by atoms with Crippen LogP contribution in [-0.4, -0.2) is 42.4 Å². The van der Waals surface area contributed by atoms with Crippen molar-refractivity contribution in [3.63, 3.8) is 0 Å². The number of piperidine rings is 1. The van der Waals surface area contributed by atoms with E-state index in [2.05, 4.69) is 15.5 Å². The molecule has 3 rings (SSSR count). The summed E-state index contributed by atoms with van der Waals surface area (Å²) in [5, 5.41) is 4.97. The van der Waals surface area contributed by atoms with Gasteiger partial charge in [-0.25, -0.2) is 8.78 Å². The minimum absolute atomic E-state index is 0.153. The van der Waals surface area contributed by atoms with Gasteiger partial charge in [-0.05, 0) is 37.3 Å². The summed E-state index contributed by atoms with van der Waals surface area (Å²) in [6.45, 7) is 1.07. The number of likely N-dealkylation sites (tertiary alicyclic amines) is 1. The number of benzene rings is 1. The maximum absolute atomic E-state index is 13.0. The van der Waals surface area contributed by atoms with Crippen LogP contribution in [0.4, 0.5) is 14.5 Å². The van der Waals surface area contributed by atoms with Gasteiger partial charge in [0.25, 0.3) is 0 Å². The molecule has 2 fully saturated rings. The number of fused-ring (bicyclic) bond motifs is 2. The molecule has 2 aliphatic rings. The van der Waals surface area contributed by atoms with Crippen LogP contribution in [0, 0.1) is 17.6 Å². The van der Waals surface area contributed by atoms with E-state index < -0.39 is 17.5 Å². The van der Waals surface area contributed by atoms with Gasteiger partial charge in [0.2, 0.25) is 11.8 Å². The summed E-state index contributed by atoms with van der Waals surface area (Å²) in [6.07, 6.45) is 3.57. The Morgan fingerprint density at radius 3 is 2.65 bits per heavy atom. The lowest BCUT2D eigenvalue weighted by Crippen LogP contribution is -2.43. The van der Waals surface area contributed by atoms with Crippen molar-refractivity contribution in [1.29, 1.82) is 0 Å². The molecule has 0 spiro atoms. The Morgan fingerprint density at radius 1 is 1.17 bits per heavy atom. The molecule has 1 aliphatic heterocycles. The van der Waals surface area contributed by atoms with E-state index >= 15 is 0 Å². The Morgan fingerprint density at radius 2 is 2.00 bits per heavy atom. The van der Waals surface area contributed by atoms with Gasteiger partial charge in [-0.1, -0.05) is 0 Å². The first-order valence-electron chi connectivity index (χ1n) is 7.77. The molecule has 1 heterocycles. The molecule has 2 bridgehead atoms. The molecule has 0 radical (unpaired) electrons. The van der Waals surface area contributed by atoms with Crippen molar-refractivity contribution in [2.45, 2.75) is 25.3 Å². The molecule has 0 aromatic heterocycles. The number of carbonyl (C=O) groups excluding carboxylic acids is 2. The second kappa shape index (κ2) is 6.62. The van der Waals surface area contributed by atoms with Crippen molar-refractivity contribution in [1.82, 2.24) is 10.2 Å². The van der Waals surface area contributed by atoms with E-state index in [4.69, 9.17) is 0 Å². The fraction of sp³-hybridized carbons (Fsp3) is 0.500.